The maximum atomic E-state index is 10.5. The third-order valence-corrected chi connectivity index (χ3v) is 2.96. The van der Waals surface area contributed by atoms with Crippen molar-refractivity contribution in [2.45, 2.75) is 6.42 Å². The summed E-state index contributed by atoms with van der Waals surface area (Å²) in [6.07, 6.45) is 0.170. The zero-order chi connectivity index (χ0) is 13.6. The van der Waals surface area contributed by atoms with Gasteiger partial charge in [0.2, 0.25) is 0 Å². The van der Waals surface area contributed by atoms with Gasteiger partial charge >= 0.3 is 51.4 Å². The van der Waals surface area contributed by atoms with E-state index in [9.17, 15) is 8.42 Å². The zero-order valence-electron chi connectivity index (χ0n) is 11.0. The minimum atomic E-state index is -3.95. The molecule has 1 aromatic carbocycles. The summed E-state index contributed by atoms with van der Waals surface area (Å²) >= 11 is 0. The van der Waals surface area contributed by atoms with E-state index in [1.54, 1.807) is 31.4 Å². The van der Waals surface area contributed by atoms with E-state index in [1.165, 1.54) is 0 Å². The summed E-state index contributed by atoms with van der Waals surface area (Å²) in [5.74, 6) is 0.486. The molecule has 19 heavy (non-hydrogen) atoms. The van der Waals surface area contributed by atoms with Crippen LogP contribution < -0.4 is 56.1 Å². The summed E-state index contributed by atoms with van der Waals surface area (Å²) in [7, 11) is -2.40. The predicted octanol–water partition coefficient (Wildman–Crippen LogP) is -1.23. The van der Waals surface area contributed by atoms with E-state index in [2.05, 4.69) is 0 Å². The maximum Gasteiger partial charge on any atom is 1.00 e. The van der Waals surface area contributed by atoms with Gasteiger partial charge in [0.05, 0.1) is 19.5 Å². The molecule has 0 saturated carbocycles. The number of ether oxygens (including phenoxy) is 2. The van der Waals surface area contributed by atoms with Gasteiger partial charge in [-0.15, -0.1) is 11.6 Å². The number of hydrogen-bond acceptors (Lipinski definition) is 4. The standard InChI is InChI=1S/C12H15O5S.K/c1-10(17-7-4-8-18(13,14)15)11-5-3-6-12(9-11)16-2;/h1,3,5-6,9H,4,7-8H2,2H3,(H,13,14,15);/q-1;+1. The SMILES string of the molecule is [CH-]=C(OCCCS(=O)(=O)O)c1cccc(OC)c1.[K+]. The first-order valence-electron chi connectivity index (χ1n) is 5.27. The van der Waals surface area contributed by atoms with Crippen LogP contribution in [0.15, 0.2) is 24.3 Å². The van der Waals surface area contributed by atoms with Crippen LogP contribution in [-0.2, 0) is 14.9 Å². The van der Waals surface area contributed by atoms with Crippen LogP contribution in [0.5, 0.6) is 5.75 Å². The van der Waals surface area contributed by atoms with Crippen LogP contribution in [0, 0.1) is 6.58 Å². The van der Waals surface area contributed by atoms with Crippen LogP contribution in [0.4, 0.5) is 0 Å². The summed E-state index contributed by atoms with van der Waals surface area (Å²) in [4.78, 5) is 0. The average Bonchev–Trinajstić information content (AvgIpc) is 2.33. The molecule has 0 aromatic heterocycles. The molecule has 0 aliphatic carbocycles. The normalized spacial score (nSPS) is 10.4. The fourth-order valence-corrected chi connectivity index (χ4v) is 1.77. The van der Waals surface area contributed by atoms with Crippen molar-refractivity contribution in [1.29, 1.82) is 0 Å². The molecule has 0 heterocycles. The van der Waals surface area contributed by atoms with Crippen molar-refractivity contribution in [3.05, 3.63) is 36.4 Å². The van der Waals surface area contributed by atoms with E-state index in [4.69, 9.17) is 20.6 Å². The number of rotatable bonds is 7. The zero-order valence-corrected chi connectivity index (χ0v) is 14.9. The molecule has 7 heteroatoms. The molecule has 0 radical (unpaired) electrons. The Morgan fingerprint density at radius 2 is 2.11 bits per heavy atom. The molecule has 100 valence electrons. The molecule has 0 aliphatic rings. The largest absolute Gasteiger partial charge is 1.00 e. The average molecular weight is 310 g/mol. The third kappa shape index (κ3) is 8.08. The second-order valence-corrected chi connectivity index (χ2v) is 5.16. The molecule has 1 aromatic rings. The first-order chi connectivity index (χ1) is 8.42. The Morgan fingerprint density at radius 3 is 2.68 bits per heavy atom. The summed E-state index contributed by atoms with van der Waals surface area (Å²) in [5.41, 5.74) is 0.654. The monoisotopic (exact) mass is 310 g/mol. The minimum Gasteiger partial charge on any atom is -0.531 e. The van der Waals surface area contributed by atoms with E-state index < -0.39 is 10.1 Å². The molecule has 1 rings (SSSR count). The Labute approximate surface area is 156 Å². The van der Waals surface area contributed by atoms with E-state index in [1.807, 2.05) is 0 Å². The van der Waals surface area contributed by atoms with Crippen molar-refractivity contribution < 1.29 is 73.8 Å². The van der Waals surface area contributed by atoms with Gasteiger partial charge in [-0.1, -0.05) is 12.1 Å². The molecule has 0 fully saturated rings. The van der Waals surface area contributed by atoms with Gasteiger partial charge in [0.1, 0.15) is 5.75 Å². The van der Waals surface area contributed by atoms with Crippen molar-refractivity contribution in [3.8, 4) is 5.75 Å². The fraction of sp³-hybridized carbons (Fsp3) is 0.333. The van der Waals surface area contributed by atoms with Crippen LogP contribution >= 0.6 is 0 Å². The van der Waals surface area contributed by atoms with E-state index in [0.29, 0.717) is 11.3 Å². The van der Waals surface area contributed by atoms with Crippen molar-refractivity contribution in [1.82, 2.24) is 0 Å². The second kappa shape index (κ2) is 9.12. The number of hydrogen-bond donors (Lipinski definition) is 1. The molecule has 0 atom stereocenters. The molecular formula is C12H15KO5S. The number of methoxy groups -OCH3 is 1. The first-order valence-corrected chi connectivity index (χ1v) is 6.88. The van der Waals surface area contributed by atoms with Gasteiger partial charge in [0, 0.05) is 0 Å². The smallest absolute Gasteiger partial charge is 0.531 e. The Hall–Kier alpha value is 0.106. The quantitative estimate of drug-likeness (QED) is 0.224. The third-order valence-electron chi connectivity index (χ3n) is 2.16. The first kappa shape index (κ1) is 19.1. The molecule has 0 bridgehead atoms. The van der Waals surface area contributed by atoms with Crippen molar-refractivity contribution in [3.63, 3.8) is 0 Å². The van der Waals surface area contributed by atoms with Crippen LogP contribution in [0.2, 0.25) is 0 Å². The molecule has 1 N–H and O–H groups in total. The van der Waals surface area contributed by atoms with E-state index >= 15 is 0 Å². The number of benzene rings is 1. The molecular weight excluding hydrogens is 295 g/mol. The van der Waals surface area contributed by atoms with Gasteiger partial charge in [0.25, 0.3) is 10.1 Å². The van der Waals surface area contributed by atoms with Gasteiger partial charge in [-0.3, -0.25) is 4.55 Å². The Kier molecular flexibility index (Phi) is 9.17. The van der Waals surface area contributed by atoms with Gasteiger partial charge in [-0.05, 0) is 18.2 Å². The molecule has 5 nitrogen and oxygen atoms in total. The topological polar surface area (TPSA) is 72.8 Å². The van der Waals surface area contributed by atoms with Crippen LogP contribution in [-0.4, -0.2) is 32.4 Å². The summed E-state index contributed by atoms with van der Waals surface area (Å²) < 4.78 is 39.7. The van der Waals surface area contributed by atoms with Crippen LogP contribution in [0.1, 0.15) is 12.0 Å². The molecule has 0 amide bonds. The fourth-order valence-electron chi connectivity index (χ4n) is 1.28. The Balaban J connectivity index is 0.00000324. The van der Waals surface area contributed by atoms with Gasteiger partial charge in [-0.25, -0.2) is 6.58 Å². The van der Waals surface area contributed by atoms with Crippen LogP contribution in [0.25, 0.3) is 5.76 Å². The van der Waals surface area contributed by atoms with Gasteiger partial charge < -0.3 is 9.47 Å². The molecule has 0 saturated heterocycles. The summed E-state index contributed by atoms with van der Waals surface area (Å²) in [5, 5.41) is 0. The predicted molar refractivity (Wildman–Crippen MR) is 67.7 cm³/mol. The molecule has 0 spiro atoms. The molecule has 0 aliphatic heterocycles. The maximum absolute atomic E-state index is 10.5. The summed E-state index contributed by atoms with van der Waals surface area (Å²) in [6, 6.07) is 7.00. The summed E-state index contributed by atoms with van der Waals surface area (Å²) in [6.45, 7) is 5.81. The molecule has 0 unspecified atom stereocenters. The Morgan fingerprint density at radius 1 is 1.42 bits per heavy atom. The van der Waals surface area contributed by atoms with E-state index in [0.717, 1.165) is 0 Å². The van der Waals surface area contributed by atoms with Gasteiger partial charge in [-0.2, -0.15) is 8.42 Å². The second-order valence-electron chi connectivity index (χ2n) is 3.58. The van der Waals surface area contributed by atoms with Gasteiger partial charge in [0.15, 0.2) is 0 Å². The van der Waals surface area contributed by atoms with Crippen LogP contribution in [0.3, 0.4) is 0 Å². The van der Waals surface area contributed by atoms with Crippen molar-refractivity contribution >= 4 is 15.9 Å². The van der Waals surface area contributed by atoms with Crippen molar-refractivity contribution in [2.75, 3.05) is 19.5 Å². The van der Waals surface area contributed by atoms with Crippen molar-refractivity contribution in [2.24, 2.45) is 0 Å². The minimum absolute atomic E-state index is 0. The van der Waals surface area contributed by atoms with E-state index in [-0.39, 0.29) is 75.9 Å². The Bertz CT molecular complexity index is 513.